The molecule has 0 heterocycles. The van der Waals surface area contributed by atoms with Crippen molar-refractivity contribution in [3.63, 3.8) is 0 Å². The van der Waals surface area contributed by atoms with Gasteiger partial charge in [-0.2, -0.15) is 0 Å². The van der Waals surface area contributed by atoms with Crippen molar-refractivity contribution in [1.29, 1.82) is 0 Å². The van der Waals surface area contributed by atoms with E-state index in [4.69, 9.17) is 9.47 Å². The van der Waals surface area contributed by atoms with E-state index in [2.05, 4.69) is 31.1 Å². The monoisotopic (exact) mass is 1040 g/mol. The van der Waals surface area contributed by atoms with Gasteiger partial charge in [-0.1, -0.05) is 121 Å². The number of sulfonamides is 2. The van der Waals surface area contributed by atoms with Crippen LogP contribution in [0.15, 0.2) is 121 Å². The van der Waals surface area contributed by atoms with Crippen molar-refractivity contribution >= 4 is 49.9 Å². The fourth-order valence-corrected chi connectivity index (χ4v) is 8.97. The molecule has 4 rings (SSSR count). The molecule has 378 valence electrons. The number of esters is 1. The van der Waals surface area contributed by atoms with E-state index in [1.165, 1.54) is 7.11 Å². The van der Waals surface area contributed by atoms with E-state index in [0.717, 1.165) is 16.7 Å². The van der Waals surface area contributed by atoms with Crippen LogP contribution >= 0.6 is 0 Å². The molecule has 0 bridgehead atoms. The van der Waals surface area contributed by atoms with Gasteiger partial charge in [0.2, 0.25) is 26.0 Å². The molecule has 4 aromatic rings. The van der Waals surface area contributed by atoms with Crippen molar-refractivity contribution in [2.45, 2.75) is 89.1 Å². The normalized spacial score (nSPS) is 12.9. The quantitative estimate of drug-likeness (QED) is 0.0207. The van der Waals surface area contributed by atoms with E-state index in [9.17, 15) is 45.9 Å². The first-order chi connectivity index (χ1) is 32.1. The van der Waals surface area contributed by atoms with Crippen molar-refractivity contribution in [3.8, 4) is 0 Å². The van der Waals surface area contributed by atoms with Crippen LogP contribution in [0.2, 0.25) is 0 Å². The number of carboxylic acid groups (broad SMARTS) is 1. The minimum Gasteiger partial charge on any atom is -1.00 e. The first kappa shape index (κ1) is 63.1. The molecule has 70 heavy (non-hydrogen) atoms. The van der Waals surface area contributed by atoms with Gasteiger partial charge in [-0.25, -0.2) is 31.1 Å². The maximum atomic E-state index is 12.8. The van der Waals surface area contributed by atoms with Crippen molar-refractivity contribution in [2.24, 2.45) is 0 Å². The summed E-state index contributed by atoms with van der Waals surface area (Å²) in [6, 6.07) is 32.5. The molecule has 0 saturated heterocycles. The average molecular weight is 1040 g/mol. The second-order valence-corrected chi connectivity index (χ2v) is 20.5. The van der Waals surface area contributed by atoms with Gasteiger partial charge in [0.15, 0.2) is 6.04 Å². The molecule has 0 aliphatic rings. The number of amides is 3. The molecule has 4 atom stereocenters. The van der Waals surface area contributed by atoms with Crippen LogP contribution in [0, 0.1) is 0 Å². The molecule has 8 N–H and O–H groups in total. The van der Waals surface area contributed by atoms with Crippen molar-refractivity contribution in [1.82, 2.24) is 25.4 Å². The van der Waals surface area contributed by atoms with Gasteiger partial charge in [0.05, 0.1) is 30.6 Å². The topological polar surface area (TPSA) is 283 Å². The van der Waals surface area contributed by atoms with E-state index in [-0.39, 0.29) is 98.8 Å². The summed E-state index contributed by atoms with van der Waals surface area (Å²) < 4.78 is 64.3. The number of rotatable bonds is 25. The first-order valence-electron chi connectivity index (χ1n) is 22.0. The van der Waals surface area contributed by atoms with Crippen LogP contribution in [-0.2, 0) is 74.4 Å². The van der Waals surface area contributed by atoms with E-state index in [1.807, 2.05) is 91.0 Å². The third-order valence-corrected chi connectivity index (χ3v) is 12.7. The number of quaternary nitrogens is 1. The Hall–Kier alpha value is -4.90. The minimum atomic E-state index is -3.96. The molecule has 0 aliphatic carbocycles. The standard InChI is InChI=1S/C26H35N3O7S.C22H29N3O5S.ClH.Na/c1-26(2,3)36-25(33)28-21(17-19-11-6-4-7-12-19)23(30)27-15-10-16-37(34,35)29-22(24(31)32)18-20-13-8-5-9-14-20;1-30-22(27)20(16-18-11-6-3-7-12-18)25-31(28,29)14-8-13-24-21(26)19(23)15-17-9-4-2-5-10-17;;/h4-9,11-14,21-22,29H,10,15-18H2,1-3H3,(H,27,30)(H,28,33)(H,31,32);2-7,9-12,19-20,25H,8,13-16,23H2,1H3,(H,24,26);1H;/q;;;+1/p-1/t21-,22-;19-,20-;;/m00../s1. The number of benzene rings is 4. The van der Waals surface area contributed by atoms with Gasteiger partial charge in [0.1, 0.15) is 17.7 Å². The second-order valence-electron chi connectivity index (χ2n) is 16.8. The molecule has 3 amide bonds. The summed E-state index contributed by atoms with van der Waals surface area (Å²) in [6.07, 6.45) is 0.325. The molecule has 0 fully saturated rings. The zero-order chi connectivity index (χ0) is 50.2. The molecular formula is C48H64ClN6NaO12S2. The number of methoxy groups -OCH3 is 1. The smallest absolute Gasteiger partial charge is 1.00 e. The number of ether oxygens (including phenoxy) is 2. The van der Waals surface area contributed by atoms with Gasteiger partial charge in [-0.15, -0.1) is 0 Å². The molecule has 0 unspecified atom stereocenters. The minimum absolute atomic E-state index is 0. The Morgan fingerprint density at radius 1 is 0.586 bits per heavy atom. The summed E-state index contributed by atoms with van der Waals surface area (Å²) in [5, 5.41) is 19.4. The number of hydrogen-bond donors (Lipinski definition) is 6. The van der Waals surface area contributed by atoms with Crippen LogP contribution in [0.25, 0.3) is 0 Å². The Labute approximate surface area is 439 Å². The van der Waals surface area contributed by atoms with Gasteiger partial charge in [-0.05, 0) is 68.7 Å². The summed E-state index contributed by atoms with van der Waals surface area (Å²) in [4.78, 5) is 60.7. The fourth-order valence-electron chi connectivity index (χ4n) is 6.45. The van der Waals surface area contributed by atoms with Gasteiger partial charge < -0.3 is 53.5 Å². The van der Waals surface area contributed by atoms with Crippen LogP contribution in [-0.4, -0.2) is 108 Å². The van der Waals surface area contributed by atoms with Gasteiger partial charge in [0.25, 0.3) is 5.91 Å². The SMILES string of the molecule is CC(C)(C)OC(=O)N[C@@H](Cc1ccccc1)C(=O)NCCCS(=O)(=O)N[C@@H](Cc1ccccc1)C(=O)[O-].COC(=O)[C@H](Cc1ccccc1)NS(=O)(=O)CCCNC(=O)[C@@H]([NH3+])Cc1ccccc1.[Cl-].[Na+]. The van der Waals surface area contributed by atoms with Crippen molar-refractivity contribution < 1.29 is 103 Å². The van der Waals surface area contributed by atoms with Crippen LogP contribution in [0.4, 0.5) is 4.79 Å². The van der Waals surface area contributed by atoms with E-state index < -0.39 is 79.5 Å². The van der Waals surface area contributed by atoms with Crippen LogP contribution in [0.3, 0.4) is 0 Å². The number of hydrogen-bond acceptors (Lipinski definition) is 12. The molecule has 0 aliphatic heterocycles. The number of nitrogens with one attached hydrogen (secondary N) is 5. The van der Waals surface area contributed by atoms with Gasteiger partial charge in [-0.3, -0.25) is 14.4 Å². The number of aliphatic carboxylic acids is 1. The second kappa shape index (κ2) is 32.1. The van der Waals surface area contributed by atoms with E-state index >= 15 is 0 Å². The number of alkyl carbamates (subject to hydrolysis) is 1. The number of carbonyl (C=O) groups is 5. The third kappa shape index (κ3) is 26.3. The zero-order valence-electron chi connectivity index (χ0n) is 40.2. The Bertz CT molecular complexity index is 2420. The number of carboxylic acids is 1. The first-order valence-corrected chi connectivity index (χ1v) is 25.3. The summed E-state index contributed by atoms with van der Waals surface area (Å²) in [5.74, 6) is -3.55. The Morgan fingerprint density at radius 2 is 0.943 bits per heavy atom. The summed E-state index contributed by atoms with van der Waals surface area (Å²) >= 11 is 0. The molecule has 0 spiro atoms. The predicted octanol–water partition coefficient (Wildman–Crippen LogP) is -5.03. The van der Waals surface area contributed by atoms with E-state index in [1.54, 1.807) is 51.1 Å². The maximum Gasteiger partial charge on any atom is 1.00 e. The van der Waals surface area contributed by atoms with Crippen molar-refractivity contribution in [2.75, 3.05) is 31.7 Å². The Balaban J connectivity index is 0.000000690. The van der Waals surface area contributed by atoms with Crippen molar-refractivity contribution in [3.05, 3.63) is 144 Å². The largest absolute Gasteiger partial charge is 1.00 e. The zero-order valence-corrected chi connectivity index (χ0v) is 44.6. The molecule has 18 nitrogen and oxygen atoms in total. The average Bonchev–Trinajstić information content (AvgIpc) is 3.29. The molecule has 22 heteroatoms. The van der Waals surface area contributed by atoms with E-state index in [0.29, 0.717) is 12.0 Å². The molecule has 0 radical (unpaired) electrons. The maximum absolute atomic E-state index is 12.8. The molecule has 0 aromatic heterocycles. The molecular weight excluding hydrogens is 975 g/mol. The van der Waals surface area contributed by atoms with Crippen LogP contribution in [0.5, 0.6) is 0 Å². The van der Waals surface area contributed by atoms with Crippen LogP contribution in [0.1, 0.15) is 55.9 Å². The molecule has 0 saturated carbocycles. The predicted molar refractivity (Wildman–Crippen MR) is 254 cm³/mol. The summed E-state index contributed by atoms with van der Waals surface area (Å²) in [7, 11) is -6.49. The van der Waals surface area contributed by atoms with Gasteiger partial charge >= 0.3 is 41.6 Å². The summed E-state index contributed by atoms with van der Waals surface area (Å²) in [6.45, 7) is 5.31. The fraction of sp³-hybridized carbons (Fsp3) is 0.396. The molecule has 4 aromatic carbocycles. The van der Waals surface area contributed by atoms with Crippen LogP contribution < -0.4 is 78.2 Å². The third-order valence-electron chi connectivity index (χ3n) is 9.74. The van der Waals surface area contributed by atoms with Gasteiger partial charge in [0, 0.05) is 25.9 Å². The Morgan fingerprint density at radius 3 is 1.33 bits per heavy atom. The Kier molecular flexibility index (Phi) is 29.0. The number of carbonyl (C=O) groups excluding carboxylic acids is 5. The summed E-state index contributed by atoms with van der Waals surface area (Å²) in [5.41, 5.74) is 6.42. The number of halogens is 1.